The number of rotatable bonds is 4. The second-order valence-corrected chi connectivity index (χ2v) is 7.42. The Morgan fingerprint density at radius 2 is 2.18 bits per heavy atom. The van der Waals surface area contributed by atoms with E-state index in [1.165, 1.54) is 0 Å². The van der Waals surface area contributed by atoms with Crippen molar-refractivity contribution in [1.29, 1.82) is 0 Å². The molecule has 2 aromatic rings. The molecule has 0 aliphatic carbocycles. The van der Waals surface area contributed by atoms with Gasteiger partial charge in [0.05, 0.1) is 23.4 Å². The summed E-state index contributed by atoms with van der Waals surface area (Å²) >= 11 is 6.83. The fourth-order valence-electron chi connectivity index (χ4n) is 3.62. The number of β-amino-alcohol motifs (C(OH)–C–C–N with tert-alkyl or cyclic N) is 1. The average molecular weight is 402 g/mol. The first-order chi connectivity index (χ1) is 13.5. The first-order valence-corrected chi connectivity index (χ1v) is 9.79. The molecule has 2 aliphatic rings. The van der Waals surface area contributed by atoms with Gasteiger partial charge >= 0.3 is 0 Å². The van der Waals surface area contributed by atoms with E-state index in [2.05, 4.69) is 32.0 Å². The van der Waals surface area contributed by atoms with Crippen molar-refractivity contribution in [2.75, 3.05) is 37.4 Å². The zero-order chi connectivity index (χ0) is 19.7. The van der Waals surface area contributed by atoms with Crippen LogP contribution in [0.25, 0.3) is 5.57 Å². The molecule has 4 rings (SSSR count). The summed E-state index contributed by atoms with van der Waals surface area (Å²) in [6.45, 7) is 3.78. The van der Waals surface area contributed by atoms with Crippen molar-refractivity contribution in [3.8, 4) is 5.75 Å². The molecule has 0 unspecified atom stereocenters. The lowest BCUT2D eigenvalue weighted by Gasteiger charge is -2.18. The van der Waals surface area contributed by atoms with Gasteiger partial charge in [-0.2, -0.15) is 4.98 Å². The van der Waals surface area contributed by atoms with E-state index in [0.717, 1.165) is 46.1 Å². The van der Waals surface area contributed by atoms with Gasteiger partial charge in [-0.15, -0.1) is 0 Å². The van der Waals surface area contributed by atoms with E-state index in [9.17, 15) is 5.11 Å². The molecular weight excluding hydrogens is 378 g/mol. The van der Waals surface area contributed by atoms with E-state index in [-0.39, 0.29) is 0 Å². The highest BCUT2D eigenvalue weighted by atomic mass is 35.5. The molecular formula is C20H24ClN5O2. The third-order valence-corrected chi connectivity index (χ3v) is 5.31. The van der Waals surface area contributed by atoms with Crippen LogP contribution in [-0.2, 0) is 6.42 Å². The number of aliphatic hydroxyl groups is 1. The van der Waals surface area contributed by atoms with Crippen LogP contribution >= 0.6 is 11.6 Å². The largest absolute Gasteiger partial charge is 0.492 e. The molecule has 148 valence electrons. The molecule has 1 aromatic carbocycles. The number of halogens is 1. The summed E-state index contributed by atoms with van der Waals surface area (Å²) in [5, 5.41) is 20.3. The van der Waals surface area contributed by atoms with Crippen LogP contribution in [0.2, 0.25) is 5.02 Å². The third kappa shape index (κ3) is 3.78. The van der Waals surface area contributed by atoms with Gasteiger partial charge in [-0.25, -0.2) is 4.98 Å². The Labute approximate surface area is 169 Å². The van der Waals surface area contributed by atoms with Crippen molar-refractivity contribution < 1.29 is 9.84 Å². The summed E-state index contributed by atoms with van der Waals surface area (Å²) in [6, 6.07) is 3.88. The highest BCUT2D eigenvalue weighted by Crippen LogP contribution is 2.45. The first kappa shape index (κ1) is 19.0. The van der Waals surface area contributed by atoms with Gasteiger partial charge in [-0.3, -0.25) is 0 Å². The molecule has 4 N–H and O–H groups in total. The highest BCUT2D eigenvalue weighted by molar-refractivity contribution is 6.35. The minimum atomic E-state index is -0.461. The molecule has 3 heterocycles. The Kier molecular flexibility index (Phi) is 5.39. The van der Waals surface area contributed by atoms with Gasteiger partial charge in [0.1, 0.15) is 11.6 Å². The molecule has 0 radical (unpaired) electrons. The zero-order valence-corrected chi connectivity index (χ0v) is 16.7. The predicted molar refractivity (Wildman–Crippen MR) is 112 cm³/mol. The van der Waals surface area contributed by atoms with Crippen LogP contribution in [0.4, 0.5) is 17.5 Å². The van der Waals surface area contributed by atoms with Gasteiger partial charge in [0.2, 0.25) is 5.95 Å². The maximum absolute atomic E-state index is 10.2. The minimum Gasteiger partial charge on any atom is -0.492 e. The van der Waals surface area contributed by atoms with Crippen molar-refractivity contribution in [3.05, 3.63) is 40.1 Å². The Hall–Kier alpha value is -2.35. The predicted octanol–water partition coefficient (Wildman–Crippen LogP) is 2.90. The maximum Gasteiger partial charge on any atom is 0.229 e. The number of anilines is 3. The van der Waals surface area contributed by atoms with Crippen LogP contribution in [0.5, 0.6) is 5.75 Å². The lowest BCUT2D eigenvalue weighted by molar-refractivity contribution is 0.180. The quantitative estimate of drug-likeness (QED) is 0.626. The Balaban J connectivity index is 1.77. The lowest BCUT2D eigenvalue weighted by Crippen LogP contribution is -2.24. The van der Waals surface area contributed by atoms with E-state index >= 15 is 0 Å². The summed E-state index contributed by atoms with van der Waals surface area (Å²) in [6.07, 6.45) is 2.96. The molecule has 0 amide bonds. The number of nitrogens with zero attached hydrogens (tertiary/aromatic N) is 2. The number of nitrogens with one attached hydrogen (secondary N) is 3. The van der Waals surface area contributed by atoms with Gasteiger partial charge in [0, 0.05) is 55.9 Å². The Morgan fingerprint density at radius 1 is 1.32 bits per heavy atom. The molecule has 8 heteroatoms. The number of fused-ring (bicyclic) bond motifs is 1. The van der Waals surface area contributed by atoms with Crippen LogP contribution < -0.4 is 20.7 Å². The Morgan fingerprint density at radius 3 is 3.00 bits per heavy atom. The summed E-state index contributed by atoms with van der Waals surface area (Å²) < 4.78 is 5.90. The van der Waals surface area contributed by atoms with Crippen LogP contribution in [-0.4, -0.2) is 47.9 Å². The normalized spacial score (nSPS) is 18.7. The SMILES string of the molecule is CNc1cc(C)nc(Nc2cc3c(c(C4=CCNC[C@H](O)C4)c2Cl)OCC3)n1. The van der Waals surface area contributed by atoms with Crippen LogP contribution in [0.15, 0.2) is 18.2 Å². The summed E-state index contributed by atoms with van der Waals surface area (Å²) in [4.78, 5) is 8.93. The molecule has 2 aliphatic heterocycles. The van der Waals surface area contributed by atoms with Crippen LogP contribution in [0.1, 0.15) is 23.2 Å². The summed E-state index contributed by atoms with van der Waals surface area (Å²) in [7, 11) is 1.82. The molecule has 1 atom stereocenters. The van der Waals surface area contributed by atoms with Gasteiger partial charge in [-0.05, 0) is 18.6 Å². The lowest BCUT2D eigenvalue weighted by atomic mass is 9.95. The highest BCUT2D eigenvalue weighted by Gasteiger charge is 2.26. The standard InChI is InChI=1S/C20H24ClN5O2/c1-11-7-16(22-2)26-20(24-11)25-15-9-13-4-6-28-19(13)17(18(15)21)12-3-5-23-10-14(27)8-12/h3,7,9,14,23,27H,4-6,8,10H2,1-2H3,(H2,22,24,25,26)/t14-/m1/s1. The number of hydrogen-bond acceptors (Lipinski definition) is 7. The number of ether oxygens (including phenoxy) is 1. The third-order valence-electron chi connectivity index (χ3n) is 4.92. The molecule has 0 saturated carbocycles. The topological polar surface area (TPSA) is 91.3 Å². The fourth-order valence-corrected chi connectivity index (χ4v) is 3.93. The molecule has 28 heavy (non-hydrogen) atoms. The zero-order valence-electron chi connectivity index (χ0n) is 16.0. The summed E-state index contributed by atoms with van der Waals surface area (Å²) in [5.41, 5.74) is 4.52. The maximum atomic E-state index is 10.2. The molecule has 0 saturated heterocycles. The van der Waals surface area contributed by atoms with Crippen molar-refractivity contribution in [3.63, 3.8) is 0 Å². The van der Waals surface area contributed by atoms with Gasteiger partial charge in [0.25, 0.3) is 0 Å². The van der Waals surface area contributed by atoms with Gasteiger partial charge < -0.3 is 25.8 Å². The smallest absolute Gasteiger partial charge is 0.229 e. The number of aryl methyl sites for hydroxylation is 1. The van der Waals surface area contributed by atoms with Gasteiger partial charge in [0.15, 0.2) is 0 Å². The summed E-state index contributed by atoms with van der Waals surface area (Å²) in [5.74, 6) is 2.03. The molecule has 7 nitrogen and oxygen atoms in total. The molecule has 0 spiro atoms. The van der Waals surface area contributed by atoms with E-state index < -0.39 is 6.10 Å². The minimum absolute atomic E-state index is 0.461. The van der Waals surface area contributed by atoms with E-state index in [4.69, 9.17) is 16.3 Å². The fraction of sp³-hybridized carbons (Fsp3) is 0.400. The number of benzene rings is 1. The van der Waals surface area contributed by atoms with E-state index in [1.54, 1.807) is 0 Å². The van der Waals surface area contributed by atoms with Crippen molar-refractivity contribution >= 4 is 34.6 Å². The second kappa shape index (κ2) is 7.95. The van der Waals surface area contributed by atoms with Crippen molar-refractivity contribution in [2.24, 2.45) is 0 Å². The molecule has 0 bridgehead atoms. The monoisotopic (exact) mass is 401 g/mol. The average Bonchev–Trinajstić information content (AvgIpc) is 3.01. The van der Waals surface area contributed by atoms with Crippen LogP contribution in [0.3, 0.4) is 0 Å². The molecule has 1 aromatic heterocycles. The van der Waals surface area contributed by atoms with Crippen molar-refractivity contribution in [2.45, 2.75) is 25.9 Å². The van der Waals surface area contributed by atoms with E-state index in [1.807, 2.05) is 26.1 Å². The van der Waals surface area contributed by atoms with Crippen molar-refractivity contribution in [1.82, 2.24) is 15.3 Å². The number of hydrogen-bond donors (Lipinski definition) is 4. The molecule has 0 fully saturated rings. The number of aromatic nitrogens is 2. The first-order valence-electron chi connectivity index (χ1n) is 9.42. The van der Waals surface area contributed by atoms with E-state index in [0.29, 0.717) is 37.1 Å². The number of aliphatic hydroxyl groups excluding tert-OH is 1. The second-order valence-electron chi connectivity index (χ2n) is 7.04. The Bertz CT molecular complexity index is 931. The van der Waals surface area contributed by atoms with Gasteiger partial charge in [-0.1, -0.05) is 17.7 Å². The van der Waals surface area contributed by atoms with Crippen LogP contribution in [0, 0.1) is 6.92 Å².